The van der Waals surface area contributed by atoms with E-state index in [4.69, 9.17) is 15.2 Å². The number of methoxy groups -OCH3 is 2. The summed E-state index contributed by atoms with van der Waals surface area (Å²) in [6.07, 6.45) is 3.41. The summed E-state index contributed by atoms with van der Waals surface area (Å²) >= 11 is 0. The molecule has 3 rings (SSSR count). The lowest BCUT2D eigenvalue weighted by molar-refractivity contribution is -0.103. The lowest BCUT2D eigenvalue weighted by atomic mass is 9.61. The van der Waals surface area contributed by atoms with Gasteiger partial charge in [-0.25, -0.2) is 13.4 Å². The number of nitrogens with two attached hydrogens (primary N) is 1. The molecule has 1 saturated heterocycles. The maximum atomic E-state index is 13.4. The second-order valence-electron chi connectivity index (χ2n) is 7.75. The highest BCUT2D eigenvalue weighted by Crippen LogP contribution is 2.59. The molecule has 2 aliphatic rings. The van der Waals surface area contributed by atoms with Gasteiger partial charge in [-0.05, 0) is 45.6 Å². The van der Waals surface area contributed by atoms with Crippen LogP contribution in [0.4, 0.5) is 0 Å². The first-order valence-corrected chi connectivity index (χ1v) is 10.4. The van der Waals surface area contributed by atoms with Crippen molar-refractivity contribution in [3.05, 3.63) is 17.8 Å². The first-order chi connectivity index (χ1) is 12.2. The number of hydrogen-bond donors (Lipinski definition) is 1. The third-order valence-electron chi connectivity index (χ3n) is 6.37. The molecule has 0 aromatic carbocycles. The quantitative estimate of drug-likeness (QED) is 0.803. The Hall–Kier alpha value is -1.22. The van der Waals surface area contributed by atoms with Crippen LogP contribution in [0.2, 0.25) is 0 Å². The van der Waals surface area contributed by atoms with Crippen molar-refractivity contribution >= 4 is 10.0 Å². The van der Waals surface area contributed by atoms with Gasteiger partial charge in [0.05, 0.1) is 12.8 Å². The van der Waals surface area contributed by atoms with Gasteiger partial charge in [0, 0.05) is 43.3 Å². The summed E-state index contributed by atoms with van der Waals surface area (Å²) in [5, 5.41) is 0. The fourth-order valence-electron chi connectivity index (χ4n) is 4.66. The molecule has 2 fully saturated rings. The normalized spacial score (nSPS) is 32.0. The predicted molar refractivity (Wildman–Crippen MR) is 98.6 cm³/mol. The van der Waals surface area contributed by atoms with Gasteiger partial charge < -0.3 is 15.2 Å². The number of rotatable bonds is 6. The Morgan fingerprint density at radius 2 is 2.12 bits per heavy atom. The van der Waals surface area contributed by atoms with Gasteiger partial charge in [-0.2, -0.15) is 4.31 Å². The van der Waals surface area contributed by atoms with E-state index in [0.29, 0.717) is 31.1 Å². The topological polar surface area (TPSA) is 94.8 Å². The third-order valence-corrected chi connectivity index (χ3v) is 8.47. The predicted octanol–water partition coefficient (Wildman–Crippen LogP) is 1.70. The van der Waals surface area contributed by atoms with E-state index in [9.17, 15) is 8.42 Å². The van der Waals surface area contributed by atoms with E-state index in [2.05, 4.69) is 4.98 Å². The molecule has 3 unspecified atom stereocenters. The summed E-state index contributed by atoms with van der Waals surface area (Å²) in [6, 6.07) is 3.32. The van der Waals surface area contributed by atoms with Crippen molar-refractivity contribution in [1.29, 1.82) is 0 Å². The number of sulfonamides is 1. The van der Waals surface area contributed by atoms with Crippen LogP contribution >= 0.6 is 0 Å². The highest BCUT2D eigenvalue weighted by atomic mass is 32.2. The molecule has 1 aromatic heterocycles. The standard InChI is InChI=1S/C18H29N3O4S/c1-13-15(5-6-16(20-13)25-4)26(22,23)21-12-18(8-7-14(19)11-18)17(21,2)9-10-24-3/h5-6,14H,7-12,19H2,1-4H3. The van der Waals surface area contributed by atoms with Crippen molar-refractivity contribution in [2.24, 2.45) is 11.1 Å². The molecular weight excluding hydrogens is 354 g/mol. The largest absolute Gasteiger partial charge is 0.481 e. The van der Waals surface area contributed by atoms with Gasteiger partial charge in [-0.1, -0.05) is 0 Å². The van der Waals surface area contributed by atoms with Gasteiger partial charge >= 0.3 is 0 Å². The summed E-state index contributed by atoms with van der Waals surface area (Å²) in [5.41, 5.74) is 6.05. The molecule has 1 aliphatic heterocycles. The highest BCUT2D eigenvalue weighted by molar-refractivity contribution is 7.89. The second kappa shape index (κ2) is 6.74. The number of nitrogens with zero attached hydrogens (tertiary/aromatic N) is 2. The molecule has 1 spiro atoms. The molecule has 8 heteroatoms. The van der Waals surface area contributed by atoms with E-state index < -0.39 is 15.6 Å². The second-order valence-corrected chi connectivity index (χ2v) is 9.58. The highest BCUT2D eigenvalue weighted by Gasteiger charge is 2.66. The minimum atomic E-state index is -3.66. The monoisotopic (exact) mass is 383 g/mol. The van der Waals surface area contributed by atoms with Crippen LogP contribution in [-0.4, -0.2) is 56.7 Å². The van der Waals surface area contributed by atoms with Crippen LogP contribution in [0.5, 0.6) is 5.88 Å². The molecule has 3 atom stereocenters. The number of aryl methyl sites for hydroxylation is 1. The van der Waals surface area contributed by atoms with Crippen molar-refractivity contribution < 1.29 is 17.9 Å². The lowest BCUT2D eigenvalue weighted by Gasteiger charge is -2.63. The Morgan fingerprint density at radius 3 is 2.65 bits per heavy atom. The molecule has 1 aromatic rings. The summed E-state index contributed by atoms with van der Waals surface area (Å²) in [5.74, 6) is 0.408. The van der Waals surface area contributed by atoms with Gasteiger partial charge in [0.1, 0.15) is 4.90 Å². The molecule has 146 valence electrons. The van der Waals surface area contributed by atoms with E-state index >= 15 is 0 Å². The van der Waals surface area contributed by atoms with Gasteiger partial charge in [-0.15, -0.1) is 0 Å². The minimum absolute atomic E-state index is 0.0637. The minimum Gasteiger partial charge on any atom is -0.481 e. The van der Waals surface area contributed by atoms with E-state index in [1.165, 1.54) is 7.11 Å². The summed E-state index contributed by atoms with van der Waals surface area (Å²) in [6.45, 7) is 4.76. The Labute approximate surface area is 155 Å². The molecule has 1 saturated carbocycles. The number of hydrogen-bond acceptors (Lipinski definition) is 6. The SMILES string of the molecule is COCCC1(C)N(S(=O)(=O)c2ccc(OC)nc2C)CC12CCC(N)C2. The van der Waals surface area contributed by atoms with Gasteiger partial charge in [-0.3, -0.25) is 0 Å². The van der Waals surface area contributed by atoms with Crippen LogP contribution in [0.15, 0.2) is 17.0 Å². The maximum absolute atomic E-state index is 13.4. The third kappa shape index (κ3) is 2.83. The van der Waals surface area contributed by atoms with E-state index in [1.54, 1.807) is 30.5 Å². The zero-order valence-corrected chi connectivity index (χ0v) is 16.8. The fourth-order valence-corrected chi connectivity index (χ4v) is 6.79. The van der Waals surface area contributed by atoms with Crippen molar-refractivity contribution in [3.63, 3.8) is 0 Å². The number of aromatic nitrogens is 1. The molecule has 2 N–H and O–H groups in total. The van der Waals surface area contributed by atoms with Crippen molar-refractivity contribution in [3.8, 4) is 5.88 Å². The van der Waals surface area contributed by atoms with E-state index in [-0.39, 0.29) is 16.4 Å². The fraction of sp³-hybridized carbons (Fsp3) is 0.722. The lowest BCUT2D eigenvalue weighted by Crippen LogP contribution is -2.73. The van der Waals surface area contributed by atoms with Crippen LogP contribution in [0.1, 0.15) is 38.3 Å². The van der Waals surface area contributed by atoms with E-state index in [1.807, 2.05) is 6.92 Å². The smallest absolute Gasteiger partial charge is 0.245 e. The van der Waals surface area contributed by atoms with Crippen LogP contribution in [0, 0.1) is 12.3 Å². The summed E-state index contributed by atoms with van der Waals surface area (Å²) < 4.78 is 38.8. The number of pyridine rings is 1. The summed E-state index contributed by atoms with van der Waals surface area (Å²) in [7, 11) is -0.499. The average molecular weight is 384 g/mol. The zero-order chi connectivity index (χ0) is 19.2. The van der Waals surface area contributed by atoms with Crippen molar-refractivity contribution in [2.45, 2.75) is 56.0 Å². The van der Waals surface area contributed by atoms with E-state index in [0.717, 1.165) is 19.3 Å². The Kier molecular flexibility index (Phi) is 5.07. The van der Waals surface area contributed by atoms with Gasteiger partial charge in [0.25, 0.3) is 0 Å². The first kappa shape index (κ1) is 19.5. The summed E-state index contributed by atoms with van der Waals surface area (Å²) in [4.78, 5) is 4.47. The molecule has 26 heavy (non-hydrogen) atoms. The van der Waals surface area contributed by atoms with Crippen molar-refractivity contribution in [1.82, 2.24) is 9.29 Å². The molecule has 0 radical (unpaired) electrons. The first-order valence-electron chi connectivity index (χ1n) is 8.99. The zero-order valence-electron chi connectivity index (χ0n) is 16.0. The Morgan fingerprint density at radius 1 is 1.38 bits per heavy atom. The molecule has 0 amide bonds. The Bertz CT molecular complexity index is 785. The number of ether oxygens (including phenoxy) is 2. The molecule has 7 nitrogen and oxygen atoms in total. The van der Waals surface area contributed by atoms with Gasteiger partial charge in [0.2, 0.25) is 15.9 Å². The average Bonchev–Trinajstić information content (AvgIpc) is 3.01. The van der Waals surface area contributed by atoms with Gasteiger partial charge in [0.15, 0.2) is 0 Å². The van der Waals surface area contributed by atoms with Crippen LogP contribution in [0.3, 0.4) is 0 Å². The molecule has 0 bridgehead atoms. The van der Waals surface area contributed by atoms with Crippen LogP contribution in [0.25, 0.3) is 0 Å². The molecule has 1 aliphatic carbocycles. The Balaban J connectivity index is 1.97. The maximum Gasteiger partial charge on any atom is 0.245 e. The van der Waals surface area contributed by atoms with Crippen LogP contribution in [-0.2, 0) is 14.8 Å². The molecular formula is C18H29N3O4S. The molecule has 2 heterocycles. The van der Waals surface area contributed by atoms with Crippen molar-refractivity contribution in [2.75, 3.05) is 27.4 Å². The van der Waals surface area contributed by atoms with Crippen LogP contribution < -0.4 is 10.5 Å².